The molecule has 0 unspecified atom stereocenters. The SMILES string of the molecule is C[C@H](CCc1ccc(O)cc1)N[C@@H]1CCC[C@H]1CO. The van der Waals surface area contributed by atoms with Gasteiger partial charge in [0, 0.05) is 18.7 Å². The number of hydrogen-bond acceptors (Lipinski definition) is 3. The Morgan fingerprint density at radius 2 is 2.00 bits per heavy atom. The second-order valence-electron chi connectivity index (χ2n) is 5.75. The molecule has 0 spiro atoms. The van der Waals surface area contributed by atoms with Crippen LogP contribution in [0.2, 0.25) is 0 Å². The lowest BCUT2D eigenvalue weighted by Crippen LogP contribution is -2.40. The van der Waals surface area contributed by atoms with Gasteiger partial charge in [0.1, 0.15) is 5.75 Å². The lowest BCUT2D eigenvalue weighted by molar-refractivity contribution is 0.199. The molecule has 1 aliphatic rings. The highest BCUT2D eigenvalue weighted by Gasteiger charge is 2.27. The van der Waals surface area contributed by atoms with Gasteiger partial charge >= 0.3 is 0 Å². The minimum Gasteiger partial charge on any atom is -0.508 e. The number of nitrogens with one attached hydrogen (secondary N) is 1. The minimum absolute atomic E-state index is 0.308. The van der Waals surface area contributed by atoms with Crippen molar-refractivity contribution < 1.29 is 10.2 Å². The van der Waals surface area contributed by atoms with Crippen LogP contribution in [-0.4, -0.2) is 28.9 Å². The summed E-state index contributed by atoms with van der Waals surface area (Å²) in [6.07, 6.45) is 5.67. The highest BCUT2D eigenvalue weighted by Crippen LogP contribution is 2.25. The molecule has 0 bridgehead atoms. The Labute approximate surface area is 115 Å². The number of phenols is 1. The molecule has 1 aromatic rings. The number of benzene rings is 1. The van der Waals surface area contributed by atoms with Gasteiger partial charge in [-0.3, -0.25) is 0 Å². The molecule has 0 heterocycles. The number of aromatic hydroxyl groups is 1. The summed E-state index contributed by atoms with van der Waals surface area (Å²) in [7, 11) is 0. The van der Waals surface area contributed by atoms with Gasteiger partial charge in [-0.1, -0.05) is 18.6 Å². The van der Waals surface area contributed by atoms with Crippen LogP contribution in [0.5, 0.6) is 5.75 Å². The Hall–Kier alpha value is -1.06. The summed E-state index contributed by atoms with van der Waals surface area (Å²) >= 11 is 0. The number of phenolic OH excluding ortho intramolecular Hbond substituents is 1. The van der Waals surface area contributed by atoms with Crippen LogP contribution in [0.3, 0.4) is 0 Å². The summed E-state index contributed by atoms with van der Waals surface area (Å²) in [5.74, 6) is 0.766. The maximum Gasteiger partial charge on any atom is 0.115 e. The van der Waals surface area contributed by atoms with Crippen LogP contribution < -0.4 is 5.32 Å². The predicted molar refractivity (Wildman–Crippen MR) is 77.2 cm³/mol. The number of aliphatic hydroxyl groups excluding tert-OH is 1. The molecule has 19 heavy (non-hydrogen) atoms. The van der Waals surface area contributed by atoms with Gasteiger partial charge in [0.25, 0.3) is 0 Å². The molecule has 0 aromatic heterocycles. The Balaban J connectivity index is 1.75. The van der Waals surface area contributed by atoms with E-state index in [1.54, 1.807) is 12.1 Å². The van der Waals surface area contributed by atoms with Gasteiger partial charge < -0.3 is 15.5 Å². The first-order valence-corrected chi connectivity index (χ1v) is 7.34. The van der Waals surface area contributed by atoms with E-state index >= 15 is 0 Å². The predicted octanol–water partition coefficient (Wildman–Crippen LogP) is 2.46. The van der Waals surface area contributed by atoms with Crippen LogP contribution >= 0.6 is 0 Å². The van der Waals surface area contributed by atoms with E-state index in [0.717, 1.165) is 19.3 Å². The Kier molecular flexibility index (Phi) is 5.23. The van der Waals surface area contributed by atoms with Crippen molar-refractivity contribution in [2.45, 2.75) is 51.1 Å². The van der Waals surface area contributed by atoms with E-state index in [2.05, 4.69) is 12.2 Å². The third-order valence-electron chi connectivity index (χ3n) is 4.19. The van der Waals surface area contributed by atoms with Crippen molar-refractivity contribution in [3.8, 4) is 5.75 Å². The monoisotopic (exact) mass is 263 g/mol. The van der Waals surface area contributed by atoms with Crippen molar-refractivity contribution in [1.29, 1.82) is 0 Å². The normalized spacial score (nSPS) is 24.5. The third kappa shape index (κ3) is 4.22. The van der Waals surface area contributed by atoms with E-state index in [1.165, 1.54) is 18.4 Å². The summed E-state index contributed by atoms with van der Waals surface area (Å²) < 4.78 is 0. The van der Waals surface area contributed by atoms with Gasteiger partial charge in [0.15, 0.2) is 0 Å². The van der Waals surface area contributed by atoms with Crippen molar-refractivity contribution >= 4 is 0 Å². The number of rotatable bonds is 6. The van der Waals surface area contributed by atoms with Crippen molar-refractivity contribution in [1.82, 2.24) is 5.32 Å². The number of hydrogen-bond donors (Lipinski definition) is 3. The van der Waals surface area contributed by atoms with E-state index in [0.29, 0.717) is 30.4 Å². The van der Waals surface area contributed by atoms with Gasteiger partial charge in [-0.25, -0.2) is 0 Å². The topological polar surface area (TPSA) is 52.5 Å². The second-order valence-corrected chi connectivity index (χ2v) is 5.75. The van der Waals surface area contributed by atoms with Crippen molar-refractivity contribution in [3.05, 3.63) is 29.8 Å². The Morgan fingerprint density at radius 1 is 1.26 bits per heavy atom. The average molecular weight is 263 g/mol. The minimum atomic E-state index is 0.308. The van der Waals surface area contributed by atoms with E-state index in [-0.39, 0.29) is 0 Å². The maximum atomic E-state index is 9.32. The molecule has 3 N–H and O–H groups in total. The van der Waals surface area contributed by atoms with Gasteiger partial charge in [0.05, 0.1) is 0 Å². The van der Waals surface area contributed by atoms with Crippen LogP contribution in [-0.2, 0) is 6.42 Å². The largest absolute Gasteiger partial charge is 0.508 e. The average Bonchev–Trinajstić information content (AvgIpc) is 2.85. The quantitative estimate of drug-likeness (QED) is 0.739. The summed E-state index contributed by atoms with van der Waals surface area (Å²) in [4.78, 5) is 0. The molecule has 0 amide bonds. The van der Waals surface area contributed by atoms with Gasteiger partial charge in [-0.2, -0.15) is 0 Å². The van der Waals surface area contributed by atoms with Crippen molar-refractivity contribution in [2.75, 3.05) is 6.61 Å². The number of aliphatic hydroxyl groups is 1. The van der Waals surface area contributed by atoms with Crippen LogP contribution in [0.25, 0.3) is 0 Å². The zero-order valence-electron chi connectivity index (χ0n) is 11.7. The third-order valence-corrected chi connectivity index (χ3v) is 4.19. The molecule has 0 saturated heterocycles. The van der Waals surface area contributed by atoms with Gasteiger partial charge in [-0.05, 0) is 56.2 Å². The van der Waals surface area contributed by atoms with E-state index in [4.69, 9.17) is 0 Å². The summed E-state index contributed by atoms with van der Waals surface area (Å²) in [5, 5.41) is 22.2. The number of aryl methyl sites for hydroxylation is 1. The second kappa shape index (κ2) is 6.92. The van der Waals surface area contributed by atoms with Gasteiger partial charge in [0.2, 0.25) is 0 Å². The van der Waals surface area contributed by atoms with Crippen LogP contribution in [0, 0.1) is 5.92 Å². The van der Waals surface area contributed by atoms with Crippen molar-refractivity contribution in [2.24, 2.45) is 5.92 Å². The van der Waals surface area contributed by atoms with E-state index < -0.39 is 0 Å². The standard InChI is InChI=1S/C16H25NO2/c1-12(17-16-4-2-3-14(16)11-18)5-6-13-7-9-15(19)10-8-13/h7-10,12,14,16-19H,2-6,11H2,1H3/t12-,14+,16-/m1/s1. The summed E-state index contributed by atoms with van der Waals surface area (Å²) in [6, 6.07) is 8.39. The Morgan fingerprint density at radius 3 is 2.68 bits per heavy atom. The molecule has 106 valence electrons. The molecule has 1 aromatic carbocycles. The van der Waals surface area contributed by atoms with Crippen LogP contribution in [0.4, 0.5) is 0 Å². The van der Waals surface area contributed by atoms with Gasteiger partial charge in [-0.15, -0.1) is 0 Å². The first kappa shape index (κ1) is 14.4. The van der Waals surface area contributed by atoms with Crippen LogP contribution in [0.15, 0.2) is 24.3 Å². The van der Waals surface area contributed by atoms with E-state index in [1.807, 2.05) is 12.1 Å². The molecule has 1 aliphatic carbocycles. The molecule has 1 saturated carbocycles. The molecule has 0 radical (unpaired) electrons. The fourth-order valence-electron chi connectivity index (χ4n) is 2.97. The van der Waals surface area contributed by atoms with E-state index in [9.17, 15) is 10.2 Å². The van der Waals surface area contributed by atoms with Crippen molar-refractivity contribution in [3.63, 3.8) is 0 Å². The summed E-state index contributed by atoms with van der Waals surface area (Å²) in [5.41, 5.74) is 1.26. The maximum absolute atomic E-state index is 9.32. The molecule has 0 aliphatic heterocycles. The first-order valence-electron chi connectivity index (χ1n) is 7.34. The lowest BCUT2D eigenvalue weighted by Gasteiger charge is -2.24. The zero-order valence-corrected chi connectivity index (χ0v) is 11.7. The molecule has 3 nitrogen and oxygen atoms in total. The molecule has 3 heteroatoms. The Bertz CT molecular complexity index is 377. The zero-order chi connectivity index (χ0) is 13.7. The smallest absolute Gasteiger partial charge is 0.115 e. The highest BCUT2D eigenvalue weighted by atomic mass is 16.3. The molecule has 3 atom stereocenters. The molecular formula is C16H25NO2. The highest BCUT2D eigenvalue weighted by molar-refractivity contribution is 5.25. The summed E-state index contributed by atoms with van der Waals surface area (Å²) in [6.45, 7) is 2.52. The fraction of sp³-hybridized carbons (Fsp3) is 0.625. The fourth-order valence-corrected chi connectivity index (χ4v) is 2.97. The molecule has 1 fully saturated rings. The lowest BCUT2D eigenvalue weighted by atomic mass is 10.0. The molecular weight excluding hydrogens is 238 g/mol. The first-order chi connectivity index (χ1) is 9.19. The molecule has 2 rings (SSSR count). The van der Waals surface area contributed by atoms with Crippen LogP contribution in [0.1, 0.15) is 38.2 Å².